The minimum absolute atomic E-state index is 0.288. The fourth-order valence-electron chi connectivity index (χ4n) is 2.12. The minimum Gasteiger partial charge on any atom is -0.271 e. The second kappa shape index (κ2) is 6.58. The molecule has 0 saturated heterocycles. The zero-order chi connectivity index (χ0) is 16.2. The van der Waals surface area contributed by atoms with Gasteiger partial charge in [0, 0.05) is 10.6 Å². The first-order chi connectivity index (χ1) is 11.2. The summed E-state index contributed by atoms with van der Waals surface area (Å²) in [6.07, 6.45) is 1.51. The van der Waals surface area contributed by atoms with Gasteiger partial charge in [0.1, 0.15) is 11.6 Å². The summed E-state index contributed by atoms with van der Waals surface area (Å²) in [7, 11) is 0. The number of benzene rings is 2. The lowest BCUT2D eigenvalue weighted by Gasteiger charge is -2.10. The van der Waals surface area contributed by atoms with Crippen molar-refractivity contribution in [2.45, 2.75) is 13.0 Å². The van der Waals surface area contributed by atoms with Gasteiger partial charge >= 0.3 is 0 Å². The molecule has 0 spiro atoms. The summed E-state index contributed by atoms with van der Waals surface area (Å²) in [6.45, 7) is 1.74. The van der Waals surface area contributed by atoms with Crippen molar-refractivity contribution in [2.75, 3.05) is 0 Å². The van der Waals surface area contributed by atoms with Crippen molar-refractivity contribution in [2.24, 2.45) is 5.10 Å². The highest BCUT2D eigenvalue weighted by Gasteiger charge is 2.18. The number of hydrogen-bond donors (Lipinski definition) is 1. The molecular weight excluding hydrogens is 314 g/mol. The Labute approximate surface area is 137 Å². The second-order valence-electron chi connectivity index (χ2n) is 4.95. The maximum Gasteiger partial charge on any atom is 0.264 e. The van der Waals surface area contributed by atoms with E-state index < -0.39 is 6.04 Å². The largest absolute Gasteiger partial charge is 0.271 e. The Balaban J connectivity index is 1.72. The Kier molecular flexibility index (Phi) is 4.34. The van der Waals surface area contributed by atoms with Gasteiger partial charge in [0.15, 0.2) is 0 Å². The zero-order valence-corrected chi connectivity index (χ0v) is 13.1. The first kappa shape index (κ1) is 15.2. The van der Waals surface area contributed by atoms with Gasteiger partial charge in [0.25, 0.3) is 5.91 Å². The molecule has 2 aromatic carbocycles. The van der Waals surface area contributed by atoms with Gasteiger partial charge in [-0.3, -0.25) is 4.79 Å². The number of nitrogens with zero attached hydrogens (tertiary/aromatic N) is 4. The lowest BCUT2D eigenvalue weighted by atomic mass is 10.2. The number of carbonyl (C=O) groups excluding carboxylic acids is 1. The Bertz CT molecular complexity index is 874. The molecule has 0 unspecified atom stereocenters. The normalized spacial score (nSPS) is 12.6. The molecule has 0 aliphatic carbocycles. The van der Waals surface area contributed by atoms with Gasteiger partial charge in [0.05, 0.1) is 11.7 Å². The lowest BCUT2D eigenvalue weighted by Crippen LogP contribution is -2.28. The average molecular weight is 328 g/mol. The predicted octanol–water partition coefficient (Wildman–Crippen LogP) is 2.80. The molecule has 3 rings (SSSR count). The van der Waals surface area contributed by atoms with Crippen molar-refractivity contribution in [3.05, 3.63) is 59.1 Å². The van der Waals surface area contributed by atoms with E-state index in [1.165, 1.54) is 6.21 Å². The Morgan fingerprint density at radius 1 is 1.26 bits per heavy atom. The lowest BCUT2D eigenvalue weighted by molar-refractivity contribution is -0.124. The van der Waals surface area contributed by atoms with Gasteiger partial charge in [-0.05, 0) is 25.1 Å². The molecule has 1 atom stereocenters. The molecule has 6 nitrogen and oxygen atoms in total. The molecule has 1 N–H and O–H groups in total. The van der Waals surface area contributed by atoms with Crippen molar-refractivity contribution in [1.82, 2.24) is 20.4 Å². The number of carbonyl (C=O) groups is 1. The van der Waals surface area contributed by atoms with E-state index in [1.807, 2.05) is 42.5 Å². The summed E-state index contributed by atoms with van der Waals surface area (Å²) >= 11 is 6.02. The summed E-state index contributed by atoms with van der Waals surface area (Å²) in [5.41, 5.74) is 4.76. The number of halogens is 1. The standard InChI is InChI=1S/C16H14ClN5O/c1-11(22-15-9-5-4-8-14(15)19-21-22)16(23)20-18-10-12-6-2-3-7-13(12)17/h2-11H,1H3,(H,20,23)/b18-10-/t11-/m1/s1. The van der Waals surface area contributed by atoms with Crippen LogP contribution in [0.1, 0.15) is 18.5 Å². The summed E-state index contributed by atoms with van der Waals surface area (Å²) in [4.78, 5) is 12.2. The molecule has 0 aliphatic heterocycles. The highest BCUT2D eigenvalue weighted by atomic mass is 35.5. The molecular formula is C16H14ClN5O. The quantitative estimate of drug-likeness (QED) is 0.591. The SMILES string of the molecule is C[C@H](C(=O)N/N=C\c1ccccc1Cl)n1nnc2ccccc21. The summed E-state index contributed by atoms with van der Waals surface area (Å²) in [5, 5.41) is 12.6. The van der Waals surface area contributed by atoms with Crippen LogP contribution in [0.25, 0.3) is 11.0 Å². The van der Waals surface area contributed by atoms with E-state index in [4.69, 9.17) is 11.6 Å². The van der Waals surface area contributed by atoms with Crippen LogP contribution in [-0.4, -0.2) is 27.1 Å². The molecule has 0 aliphatic rings. The molecule has 1 amide bonds. The van der Waals surface area contributed by atoms with Gasteiger partial charge < -0.3 is 0 Å². The number of aromatic nitrogens is 3. The molecule has 1 aromatic heterocycles. The molecule has 23 heavy (non-hydrogen) atoms. The maximum atomic E-state index is 12.2. The van der Waals surface area contributed by atoms with Crippen molar-refractivity contribution in [1.29, 1.82) is 0 Å². The number of nitrogens with one attached hydrogen (secondary N) is 1. The van der Waals surface area contributed by atoms with E-state index >= 15 is 0 Å². The molecule has 1 heterocycles. The van der Waals surface area contributed by atoms with Gasteiger partial charge in [-0.1, -0.05) is 47.1 Å². The summed E-state index contributed by atoms with van der Waals surface area (Å²) < 4.78 is 1.57. The van der Waals surface area contributed by atoms with Crippen LogP contribution in [0, 0.1) is 0 Å². The Hall–Kier alpha value is -2.73. The van der Waals surface area contributed by atoms with Crippen LogP contribution < -0.4 is 5.43 Å². The number of fused-ring (bicyclic) bond motifs is 1. The number of para-hydroxylation sites is 1. The third kappa shape index (κ3) is 3.22. The van der Waals surface area contributed by atoms with E-state index in [9.17, 15) is 4.79 Å². The van der Waals surface area contributed by atoms with E-state index in [2.05, 4.69) is 20.8 Å². The fourth-order valence-corrected chi connectivity index (χ4v) is 2.31. The van der Waals surface area contributed by atoms with E-state index in [0.29, 0.717) is 5.02 Å². The van der Waals surface area contributed by atoms with Gasteiger partial charge in [-0.2, -0.15) is 5.10 Å². The average Bonchev–Trinajstić information content (AvgIpc) is 3.00. The number of amides is 1. The summed E-state index contributed by atoms with van der Waals surface area (Å²) in [6, 6.07) is 14.2. The van der Waals surface area contributed by atoms with Crippen LogP contribution in [0.5, 0.6) is 0 Å². The van der Waals surface area contributed by atoms with E-state index in [1.54, 1.807) is 17.7 Å². The van der Waals surface area contributed by atoms with Crippen LogP contribution in [-0.2, 0) is 4.79 Å². The van der Waals surface area contributed by atoms with Crippen LogP contribution in [0.3, 0.4) is 0 Å². The fraction of sp³-hybridized carbons (Fsp3) is 0.125. The topological polar surface area (TPSA) is 72.2 Å². The number of rotatable bonds is 4. The van der Waals surface area contributed by atoms with Crippen LogP contribution in [0.2, 0.25) is 5.02 Å². The monoisotopic (exact) mass is 327 g/mol. The van der Waals surface area contributed by atoms with Crippen LogP contribution >= 0.6 is 11.6 Å². The second-order valence-corrected chi connectivity index (χ2v) is 5.36. The third-order valence-electron chi connectivity index (χ3n) is 3.41. The van der Waals surface area contributed by atoms with Crippen molar-refractivity contribution in [3.8, 4) is 0 Å². The van der Waals surface area contributed by atoms with Gasteiger partial charge in [-0.25, -0.2) is 10.1 Å². The predicted molar refractivity (Wildman–Crippen MR) is 89.4 cm³/mol. The highest BCUT2D eigenvalue weighted by molar-refractivity contribution is 6.33. The molecule has 0 radical (unpaired) electrons. The number of hydrazone groups is 1. The Morgan fingerprint density at radius 3 is 2.83 bits per heavy atom. The third-order valence-corrected chi connectivity index (χ3v) is 3.75. The van der Waals surface area contributed by atoms with Crippen molar-refractivity contribution < 1.29 is 4.79 Å². The number of hydrogen-bond acceptors (Lipinski definition) is 4. The molecule has 3 aromatic rings. The van der Waals surface area contributed by atoms with E-state index in [-0.39, 0.29) is 5.91 Å². The van der Waals surface area contributed by atoms with Gasteiger partial charge in [0.2, 0.25) is 0 Å². The molecule has 0 fully saturated rings. The zero-order valence-electron chi connectivity index (χ0n) is 12.3. The van der Waals surface area contributed by atoms with Crippen molar-refractivity contribution in [3.63, 3.8) is 0 Å². The van der Waals surface area contributed by atoms with Crippen LogP contribution in [0.4, 0.5) is 0 Å². The molecule has 116 valence electrons. The summed E-state index contributed by atoms with van der Waals surface area (Å²) in [5.74, 6) is -0.288. The van der Waals surface area contributed by atoms with Crippen LogP contribution in [0.15, 0.2) is 53.6 Å². The maximum absolute atomic E-state index is 12.2. The van der Waals surface area contributed by atoms with Gasteiger partial charge in [-0.15, -0.1) is 5.10 Å². The smallest absolute Gasteiger partial charge is 0.264 e. The van der Waals surface area contributed by atoms with E-state index in [0.717, 1.165) is 16.6 Å². The first-order valence-electron chi connectivity index (χ1n) is 7.04. The highest BCUT2D eigenvalue weighted by Crippen LogP contribution is 2.15. The molecule has 0 bridgehead atoms. The van der Waals surface area contributed by atoms with Crippen molar-refractivity contribution >= 4 is 34.8 Å². The molecule has 0 saturated carbocycles. The minimum atomic E-state index is -0.536. The first-order valence-corrected chi connectivity index (χ1v) is 7.42. The molecule has 7 heteroatoms. The Morgan fingerprint density at radius 2 is 2.00 bits per heavy atom.